The number of nitrogen functional groups attached to an aromatic ring is 1. The topological polar surface area (TPSA) is 79.1 Å². The molecule has 1 fully saturated rings. The Hall–Kier alpha value is -1.40. The first-order valence-corrected chi connectivity index (χ1v) is 7.02. The number of aryl methyl sites for hydroxylation is 1. The van der Waals surface area contributed by atoms with Gasteiger partial charge in [0.15, 0.2) is 0 Å². The van der Waals surface area contributed by atoms with Crippen molar-refractivity contribution in [3.8, 4) is 0 Å². The Morgan fingerprint density at radius 2 is 2.16 bits per heavy atom. The molecule has 0 spiro atoms. The first-order valence-electron chi connectivity index (χ1n) is 7.02. The highest BCUT2D eigenvalue weighted by atomic mass is 15.3. The molecule has 0 aliphatic carbocycles. The largest absolute Gasteiger partial charge is 0.367 e. The van der Waals surface area contributed by atoms with E-state index in [0.717, 1.165) is 37.3 Å². The normalized spacial score (nSPS) is 17.4. The van der Waals surface area contributed by atoms with Crippen LogP contribution in [0.5, 0.6) is 0 Å². The Morgan fingerprint density at radius 1 is 1.42 bits per heavy atom. The average Bonchev–Trinajstić information content (AvgIpc) is 2.44. The molecule has 0 atom stereocenters. The van der Waals surface area contributed by atoms with Gasteiger partial charge in [-0.25, -0.2) is 10.8 Å². The molecule has 1 aliphatic rings. The Bertz CT molecular complexity index is 400. The van der Waals surface area contributed by atoms with Crippen molar-refractivity contribution in [3.63, 3.8) is 0 Å². The molecule has 0 radical (unpaired) electrons. The van der Waals surface area contributed by atoms with E-state index < -0.39 is 0 Å². The summed E-state index contributed by atoms with van der Waals surface area (Å²) in [6.07, 6.45) is 5.34. The van der Waals surface area contributed by atoms with Crippen LogP contribution in [-0.4, -0.2) is 40.5 Å². The molecule has 19 heavy (non-hydrogen) atoms. The number of piperidine rings is 1. The second-order valence-corrected chi connectivity index (χ2v) is 5.13. The van der Waals surface area contributed by atoms with Crippen LogP contribution < -0.4 is 16.6 Å². The van der Waals surface area contributed by atoms with Gasteiger partial charge in [-0.1, -0.05) is 6.92 Å². The summed E-state index contributed by atoms with van der Waals surface area (Å²) in [6.45, 7) is 7.78. The molecular formula is C13H24N6. The molecule has 6 nitrogen and oxygen atoms in total. The summed E-state index contributed by atoms with van der Waals surface area (Å²) >= 11 is 0. The third-order valence-corrected chi connectivity index (χ3v) is 3.57. The highest BCUT2D eigenvalue weighted by molar-refractivity contribution is 5.46. The van der Waals surface area contributed by atoms with E-state index in [9.17, 15) is 0 Å². The Balaban J connectivity index is 1.91. The maximum Gasteiger partial charge on any atom is 0.239 e. The minimum atomic E-state index is 0.455. The average molecular weight is 264 g/mol. The molecule has 2 rings (SSSR count). The van der Waals surface area contributed by atoms with E-state index in [1.807, 2.05) is 6.92 Å². The van der Waals surface area contributed by atoms with Gasteiger partial charge < -0.3 is 10.2 Å². The summed E-state index contributed by atoms with van der Waals surface area (Å²) in [5.41, 5.74) is 3.54. The zero-order valence-electron chi connectivity index (χ0n) is 11.8. The van der Waals surface area contributed by atoms with Gasteiger partial charge in [0, 0.05) is 30.9 Å². The van der Waals surface area contributed by atoms with Gasteiger partial charge in [-0.15, -0.1) is 0 Å². The molecule has 0 aromatic carbocycles. The minimum absolute atomic E-state index is 0.455. The van der Waals surface area contributed by atoms with E-state index in [2.05, 4.69) is 32.5 Å². The van der Waals surface area contributed by atoms with E-state index in [1.165, 1.54) is 13.0 Å². The van der Waals surface area contributed by atoms with Crippen LogP contribution in [-0.2, 0) is 0 Å². The summed E-state index contributed by atoms with van der Waals surface area (Å²) in [6, 6.07) is 0.493. The number of hydrogen-bond donors (Lipinski definition) is 3. The summed E-state index contributed by atoms with van der Waals surface area (Å²) in [4.78, 5) is 11.0. The Labute approximate surface area is 114 Å². The van der Waals surface area contributed by atoms with Gasteiger partial charge in [0.05, 0.1) is 0 Å². The summed E-state index contributed by atoms with van der Waals surface area (Å²) in [7, 11) is 0. The van der Waals surface area contributed by atoms with Crippen LogP contribution in [0, 0.1) is 6.92 Å². The van der Waals surface area contributed by atoms with E-state index in [-0.39, 0.29) is 0 Å². The lowest BCUT2D eigenvalue weighted by atomic mass is 10.0. The van der Waals surface area contributed by atoms with E-state index in [1.54, 1.807) is 6.20 Å². The smallest absolute Gasteiger partial charge is 0.239 e. The Morgan fingerprint density at radius 3 is 2.79 bits per heavy atom. The van der Waals surface area contributed by atoms with E-state index in [0.29, 0.717) is 12.0 Å². The van der Waals surface area contributed by atoms with Gasteiger partial charge >= 0.3 is 0 Å². The van der Waals surface area contributed by atoms with Crippen LogP contribution in [0.25, 0.3) is 0 Å². The number of anilines is 2. The van der Waals surface area contributed by atoms with E-state index >= 15 is 0 Å². The maximum atomic E-state index is 5.34. The van der Waals surface area contributed by atoms with E-state index in [4.69, 9.17) is 5.84 Å². The molecule has 0 saturated carbocycles. The molecule has 0 unspecified atom stereocenters. The van der Waals surface area contributed by atoms with Crippen molar-refractivity contribution in [2.24, 2.45) is 5.84 Å². The standard InChI is InChI=1S/C13H24N6/c1-3-6-19-7-4-11(5-8-19)16-12-10(2)9-15-13(17-12)18-14/h9,11H,3-8,14H2,1-2H3,(H2,15,16,17,18). The number of nitrogens with zero attached hydrogens (tertiary/aromatic N) is 3. The molecule has 0 amide bonds. The summed E-state index contributed by atoms with van der Waals surface area (Å²) in [5, 5.41) is 3.51. The van der Waals surface area contributed by atoms with Gasteiger partial charge in [0.2, 0.25) is 5.95 Å². The quantitative estimate of drug-likeness (QED) is 0.550. The first kappa shape index (κ1) is 14.0. The number of hydrogen-bond acceptors (Lipinski definition) is 6. The van der Waals surface area contributed by atoms with Crippen LogP contribution in [0.15, 0.2) is 6.20 Å². The van der Waals surface area contributed by atoms with Gasteiger partial charge in [0.1, 0.15) is 5.82 Å². The number of rotatable bonds is 5. The molecule has 1 saturated heterocycles. The predicted molar refractivity (Wildman–Crippen MR) is 78.0 cm³/mol. The molecular weight excluding hydrogens is 240 g/mol. The van der Waals surface area contributed by atoms with Crippen LogP contribution in [0.3, 0.4) is 0 Å². The molecule has 106 valence electrons. The lowest BCUT2D eigenvalue weighted by Crippen LogP contribution is -2.39. The fraction of sp³-hybridized carbons (Fsp3) is 0.692. The van der Waals surface area contributed by atoms with Crippen molar-refractivity contribution in [2.45, 2.75) is 39.2 Å². The lowest BCUT2D eigenvalue weighted by Gasteiger charge is -2.32. The SMILES string of the molecule is CCCN1CCC(Nc2nc(NN)ncc2C)CC1. The molecule has 1 aliphatic heterocycles. The zero-order valence-corrected chi connectivity index (χ0v) is 11.8. The van der Waals surface area contributed by atoms with Crippen LogP contribution >= 0.6 is 0 Å². The van der Waals surface area contributed by atoms with Crippen molar-refractivity contribution in [1.82, 2.24) is 14.9 Å². The number of nitrogens with two attached hydrogens (primary N) is 1. The second kappa shape index (κ2) is 6.68. The minimum Gasteiger partial charge on any atom is -0.367 e. The molecule has 1 aromatic heterocycles. The van der Waals surface area contributed by atoms with Crippen LogP contribution in [0.1, 0.15) is 31.7 Å². The second-order valence-electron chi connectivity index (χ2n) is 5.13. The third kappa shape index (κ3) is 3.78. The Kier molecular flexibility index (Phi) is 4.93. The van der Waals surface area contributed by atoms with Crippen molar-refractivity contribution < 1.29 is 0 Å². The molecule has 2 heterocycles. The van der Waals surface area contributed by atoms with Crippen LogP contribution in [0.2, 0.25) is 0 Å². The van der Waals surface area contributed by atoms with Gasteiger partial charge in [0.25, 0.3) is 0 Å². The number of likely N-dealkylation sites (tertiary alicyclic amines) is 1. The lowest BCUT2D eigenvalue weighted by molar-refractivity contribution is 0.219. The summed E-state index contributed by atoms with van der Waals surface area (Å²) in [5.74, 6) is 6.69. The summed E-state index contributed by atoms with van der Waals surface area (Å²) < 4.78 is 0. The van der Waals surface area contributed by atoms with Gasteiger partial charge in [-0.05, 0) is 32.7 Å². The number of hydrazine groups is 1. The van der Waals surface area contributed by atoms with Crippen molar-refractivity contribution >= 4 is 11.8 Å². The van der Waals surface area contributed by atoms with Crippen molar-refractivity contribution in [1.29, 1.82) is 0 Å². The van der Waals surface area contributed by atoms with Crippen molar-refractivity contribution in [3.05, 3.63) is 11.8 Å². The zero-order chi connectivity index (χ0) is 13.7. The van der Waals surface area contributed by atoms with Crippen LogP contribution in [0.4, 0.5) is 11.8 Å². The monoisotopic (exact) mass is 264 g/mol. The number of nitrogens with one attached hydrogen (secondary N) is 2. The molecule has 4 N–H and O–H groups in total. The first-order chi connectivity index (χ1) is 9.22. The fourth-order valence-corrected chi connectivity index (χ4v) is 2.47. The van der Waals surface area contributed by atoms with Crippen molar-refractivity contribution in [2.75, 3.05) is 30.4 Å². The molecule has 1 aromatic rings. The van der Waals surface area contributed by atoms with Gasteiger partial charge in [-0.3, -0.25) is 5.43 Å². The van der Waals surface area contributed by atoms with Gasteiger partial charge in [-0.2, -0.15) is 4.98 Å². The number of aromatic nitrogens is 2. The molecule has 6 heteroatoms. The maximum absolute atomic E-state index is 5.34. The highest BCUT2D eigenvalue weighted by Crippen LogP contribution is 2.18. The highest BCUT2D eigenvalue weighted by Gasteiger charge is 2.19. The predicted octanol–water partition coefficient (Wildman–Crippen LogP) is 1.36. The third-order valence-electron chi connectivity index (χ3n) is 3.57. The fourth-order valence-electron chi connectivity index (χ4n) is 2.47. The molecule has 0 bridgehead atoms.